The van der Waals surface area contributed by atoms with Crippen LogP contribution in [-0.2, 0) is 0 Å². The van der Waals surface area contributed by atoms with Crippen molar-refractivity contribution in [2.24, 2.45) is 0 Å². The molecular weight excluding hydrogens is 302 g/mol. The van der Waals surface area contributed by atoms with Crippen LogP contribution in [0.25, 0.3) is 5.69 Å². The van der Waals surface area contributed by atoms with Crippen LogP contribution < -0.4 is 5.32 Å². The number of piperidine rings is 1. The van der Waals surface area contributed by atoms with E-state index in [9.17, 15) is 0 Å². The van der Waals surface area contributed by atoms with Crippen molar-refractivity contribution in [3.05, 3.63) is 46.5 Å². The van der Waals surface area contributed by atoms with Crippen LogP contribution >= 0.6 is 15.9 Å². The Morgan fingerprint density at radius 2 is 2.32 bits per heavy atom. The van der Waals surface area contributed by atoms with Crippen LogP contribution in [0.15, 0.2) is 35.2 Å². The Bertz CT molecular complexity index is 571. The minimum Gasteiger partial charge on any atom is -0.316 e. The molecule has 3 rings (SSSR count). The summed E-state index contributed by atoms with van der Waals surface area (Å²) in [5.41, 5.74) is 3.73. The van der Waals surface area contributed by atoms with E-state index < -0.39 is 0 Å². The highest BCUT2D eigenvalue weighted by atomic mass is 79.9. The molecular formula is C15H18BrN3. The van der Waals surface area contributed by atoms with Gasteiger partial charge in [-0.3, -0.25) is 0 Å². The van der Waals surface area contributed by atoms with Crippen LogP contribution in [0, 0.1) is 6.92 Å². The smallest absolute Gasteiger partial charge is 0.0994 e. The summed E-state index contributed by atoms with van der Waals surface area (Å²) in [7, 11) is 0. The molecule has 100 valence electrons. The average Bonchev–Trinajstić information content (AvgIpc) is 2.92. The van der Waals surface area contributed by atoms with Crippen LogP contribution in [0.2, 0.25) is 0 Å². The zero-order chi connectivity index (χ0) is 13.2. The van der Waals surface area contributed by atoms with Crippen molar-refractivity contribution < 1.29 is 0 Å². The normalized spacial score (nSPS) is 19.6. The van der Waals surface area contributed by atoms with Gasteiger partial charge in [0.2, 0.25) is 0 Å². The first-order valence-corrected chi connectivity index (χ1v) is 7.55. The Balaban J connectivity index is 2.01. The zero-order valence-electron chi connectivity index (χ0n) is 11.1. The molecule has 2 heterocycles. The number of aryl methyl sites for hydroxylation is 1. The molecule has 0 amide bonds. The minimum atomic E-state index is 0.559. The first-order valence-electron chi connectivity index (χ1n) is 6.76. The molecule has 0 bridgehead atoms. The molecule has 0 radical (unpaired) electrons. The van der Waals surface area contributed by atoms with Crippen molar-refractivity contribution >= 4 is 15.9 Å². The highest BCUT2D eigenvalue weighted by molar-refractivity contribution is 9.10. The van der Waals surface area contributed by atoms with E-state index in [1.54, 1.807) is 0 Å². The number of hydrogen-bond acceptors (Lipinski definition) is 2. The second kappa shape index (κ2) is 5.47. The van der Waals surface area contributed by atoms with Crippen LogP contribution in [0.5, 0.6) is 0 Å². The first kappa shape index (κ1) is 12.9. The van der Waals surface area contributed by atoms with E-state index in [1.807, 2.05) is 12.5 Å². The maximum absolute atomic E-state index is 4.36. The summed E-state index contributed by atoms with van der Waals surface area (Å²) in [5, 5.41) is 3.47. The molecule has 1 atom stereocenters. The third kappa shape index (κ3) is 2.47. The SMILES string of the molecule is Cc1cccc(-n2cncc2C2CCCNC2)c1Br. The molecule has 0 spiro atoms. The number of halogens is 1. The molecule has 1 unspecified atom stereocenters. The Labute approximate surface area is 122 Å². The van der Waals surface area contributed by atoms with Gasteiger partial charge in [-0.25, -0.2) is 4.98 Å². The lowest BCUT2D eigenvalue weighted by molar-refractivity contribution is 0.451. The second-order valence-corrected chi connectivity index (χ2v) is 5.93. The zero-order valence-corrected chi connectivity index (χ0v) is 12.7. The monoisotopic (exact) mass is 319 g/mol. The summed E-state index contributed by atoms with van der Waals surface area (Å²) in [6, 6.07) is 6.35. The number of aromatic nitrogens is 2. The summed E-state index contributed by atoms with van der Waals surface area (Å²) in [6.07, 6.45) is 6.41. The second-order valence-electron chi connectivity index (χ2n) is 5.14. The fourth-order valence-electron chi connectivity index (χ4n) is 2.73. The van der Waals surface area contributed by atoms with Gasteiger partial charge in [0.1, 0.15) is 0 Å². The summed E-state index contributed by atoms with van der Waals surface area (Å²) in [5.74, 6) is 0.559. The molecule has 1 aromatic heterocycles. The molecule has 0 saturated carbocycles. The number of imidazole rings is 1. The minimum absolute atomic E-state index is 0.559. The van der Waals surface area contributed by atoms with Gasteiger partial charge in [-0.2, -0.15) is 0 Å². The molecule has 1 saturated heterocycles. The lowest BCUT2D eigenvalue weighted by Gasteiger charge is -2.24. The van der Waals surface area contributed by atoms with Crippen LogP contribution in [-0.4, -0.2) is 22.6 Å². The fraction of sp³-hybridized carbons (Fsp3) is 0.400. The van der Waals surface area contributed by atoms with E-state index >= 15 is 0 Å². The molecule has 1 aliphatic heterocycles. The molecule has 1 aromatic carbocycles. The number of nitrogens with zero attached hydrogens (tertiary/aromatic N) is 2. The predicted octanol–water partition coefficient (Wildman–Crippen LogP) is 3.41. The summed E-state index contributed by atoms with van der Waals surface area (Å²) in [4.78, 5) is 4.36. The van der Waals surface area contributed by atoms with E-state index in [1.165, 1.54) is 29.8 Å². The largest absolute Gasteiger partial charge is 0.316 e. The van der Waals surface area contributed by atoms with Crippen molar-refractivity contribution in [1.82, 2.24) is 14.9 Å². The van der Waals surface area contributed by atoms with E-state index in [-0.39, 0.29) is 0 Å². The van der Waals surface area contributed by atoms with Crippen molar-refractivity contribution in [2.45, 2.75) is 25.7 Å². The number of benzene rings is 1. The Kier molecular flexibility index (Phi) is 3.71. The van der Waals surface area contributed by atoms with Crippen molar-refractivity contribution in [3.63, 3.8) is 0 Å². The third-order valence-electron chi connectivity index (χ3n) is 3.81. The van der Waals surface area contributed by atoms with E-state index in [0.717, 1.165) is 17.6 Å². The van der Waals surface area contributed by atoms with E-state index in [2.05, 4.69) is 55.9 Å². The predicted molar refractivity (Wildman–Crippen MR) is 80.8 cm³/mol. The Morgan fingerprint density at radius 1 is 1.42 bits per heavy atom. The van der Waals surface area contributed by atoms with E-state index in [4.69, 9.17) is 0 Å². The molecule has 1 N–H and O–H groups in total. The fourth-order valence-corrected chi connectivity index (χ4v) is 3.19. The van der Waals surface area contributed by atoms with Gasteiger partial charge in [-0.1, -0.05) is 12.1 Å². The van der Waals surface area contributed by atoms with Gasteiger partial charge in [0.15, 0.2) is 0 Å². The van der Waals surface area contributed by atoms with Gasteiger partial charge in [0.05, 0.1) is 12.0 Å². The topological polar surface area (TPSA) is 29.9 Å². The van der Waals surface area contributed by atoms with Crippen LogP contribution in [0.1, 0.15) is 30.0 Å². The van der Waals surface area contributed by atoms with Gasteiger partial charge in [0, 0.05) is 28.8 Å². The van der Waals surface area contributed by atoms with Gasteiger partial charge in [0.25, 0.3) is 0 Å². The highest BCUT2D eigenvalue weighted by Crippen LogP contribution is 2.30. The van der Waals surface area contributed by atoms with Crippen molar-refractivity contribution in [3.8, 4) is 5.69 Å². The van der Waals surface area contributed by atoms with Gasteiger partial charge >= 0.3 is 0 Å². The summed E-state index contributed by atoms with van der Waals surface area (Å²) >= 11 is 3.70. The van der Waals surface area contributed by atoms with Gasteiger partial charge in [-0.15, -0.1) is 0 Å². The Hall–Kier alpha value is -1.13. The molecule has 0 aliphatic carbocycles. The molecule has 1 fully saturated rings. The maximum Gasteiger partial charge on any atom is 0.0994 e. The van der Waals surface area contributed by atoms with Crippen molar-refractivity contribution in [2.75, 3.05) is 13.1 Å². The molecule has 19 heavy (non-hydrogen) atoms. The van der Waals surface area contributed by atoms with Gasteiger partial charge in [-0.05, 0) is 53.9 Å². The molecule has 3 nitrogen and oxygen atoms in total. The highest BCUT2D eigenvalue weighted by Gasteiger charge is 2.20. The maximum atomic E-state index is 4.36. The van der Waals surface area contributed by atoms with Crippen LogP contribution in [0.3, 0.4) is 0 Å². The van der Waals surface area contributed by atoms with Gasteiger partial charge < -0.3 is 9.88 Å². The summed E-state index contributed by atoms with van der Waals surface area (Å²) in [6.45, 7) is 4.31. The third-order valence-corrected chi connectivity index (χ3v) is 4.84. The summed E-state index contributed by atoms with van der Waals surface area (Å²) < 4.78 is 3.37. The first-order chi connectivity index (χ1) is 9.27. The molecule has 2 aromatic rings. The quantitative estimate of drug-likeness (QED) is 0.919. The number of nitrogens with one attached hydrogen (secondary N) is 1. The lowest BCUT2D eigenvalue weighted by atomic mass is 9.96. The molecule has 1 aliphatic rings. The number of hydrogen-bond donors (Lipinski definition) is 1. The lowest BCUT2D eigenvalue weighted by Crippen LogP contribution is -2.29. The average molecular weight is 320 g/mol. The van der Waals surface area contributed by atoms with E-state index in [0.29, 0.717) is 5.92 Å². The molecule has 4 heteroatoms. The Morgan fingerprint density at radius 3 is 3.11 bits per heavy atom. The van der Waals surface area contributed by atoms with Crippen LogP contribution in [0.4, 0.5) is 0 Å². The number of rotatable bonds is 2. The standard InChI is InChI=1S/C15H18BrN3/c1-11-4-2-6-13(15(11)16)19-10-18-9-14(19)12-5-3-7-17-8-12/h2,4,6,9-10,12,17H,3,5,7-8H2,1H3. The van der Waals surface area contributed by atoms with Crippen molar-refractivity contribution in [1.29, 1.82) is 0 Å².